The molecule has 1 N–H and O–H groups in total. The number of amides is 1. The molecule has 1 fully saturated rings. The summed E-state index contributed by atoms with van der Waals surface area (Å²) in [5.74, 6) is -0.902. The highest BCUT2D eigenvalue weighted by molar-refractivity contribution is 7.91. The van der Waals surface area contributed by atoms with E-state index >= 15 is 0 Å². The SMILES string of the molecule is CCOc1cc(C(=O)N(C)C2CCS(=O)(=O)C2)ccc1OCC(=O)O. The largest absolute Gasteiger partial charge is 0.490 e. The number of carbonyl (C=O) groups is 2. The van der Waals surface area contributed by atoms with Gasteiger partial charge in [-0.1, -0.05) is 0 Å². The van der Waals surface area contributed by atoms with Crippen molar-refractivity contribution in [3.63, 3.8) is 0 Å². The van der Waals surface area contributed by atoms with Crippen LogP contribution in [0.25, 0.3) is 0 Å². The monoisotopic (exact) mass is 371 g/mol. The van der Waals surface area contributed by atoms with Crippen LogP contribution in [-0.2, 0) is 14.6 Å². The summed E-state index contributed by atoms with van der Waals surface area (Å²) in [4.78, 5) is 24.7. The summed E-state index contributed by atoms with van der Waals surface area (Å²) in [6.45, 7) is 1.55. The Labute approximate surface area is 146 Å². The maximum atomic E-state index is 12.6. The van der Waals surface area contributed by atoms with Crippen molar-refractivity contribution in [3.8, 4) is 11.5 Å². The Hall–Kier alpha value is -2.29. The zero-order chi connectivity index (χ0) is 18.6. The summed E-state index contributed by atoms with van der Waals surface area (Å²) < 4.78 is 33.7. The number of sulfone groups is 1. The fourth-order valence-electron chi connectivity index (χ4n) is 2.62. The fraction of sp³-hybridized carbons (Fsp3) is 0.500. The van der Waals surface area contributed by atoms with Crippen molar-refractivity contribution in [2.75, 3.05) is 31.8 Å². The van der Waals surface area contributed by atoms with Gasteiger partial charge in [-0.05, 0) is 31.5 Å². The van der Waals surface area contributed by atoms with E-state index < -0.39 is 22.4 Å². The van der Waals surface area contributed by atoms with E-state index in [1.54, 1.807) is 14.0 Å². The van der Waals surface area contributed by atoms with Crippen molar-refractivity contribution in [2.24, 2.45) is 0 Å². The molecule has 1 aliphatic heterocycles. The van der Waals surface area contributed by atoms with Gasteiger partial charge in [0, 0.05) is 18.7 Å². The molecule has 9 heteroatoms. The van der Waals surface area contributed by atoms with Crippen LogP contribution in [0, 0.1) is 0 Å². The van der Waals surface area contributed by atoms with Gasteiger partial charge >= 0.3 is 5.97 Å². The van der Waals surface area contributed by atoms with Gasteiger partial charge in [0.25, 0.3) is 5.91 Å². The zero-order valence-electron chi connectivity index (χ0n) is 14.1. The fourth-order valence-corrected chi connectivity index (χ4v) is 4.39. The molecule has 0 saturated carbocycles. The number of hydrogen-bond donors (Lipinski definition) is 1. The van der Waals surface area contributed by atoms with Crippen molar-refractivity contribution >= 4 is 21.7 Å². The maximum absolute atomic E-state index is 12.6. The van der Waals surface area contributed by atoms with Crippen molar-refractivity contribution in [2.45, 2.75) is 19.4 Å². The average Bonchev–Trinajstić information content (AvgIpc) is 2.92. The molecule has 1 atom stereocenters. The van der Waals surface area contributed by atoms with E-state index in [1.807, 2.05) is 0 Å². The minimum absolute atomic E-state index is 0.0344. The summed E-state index contributed by atoms with van der Waals surface area (Å²) in [6, 6.07) is 4.10. The first kappa shape index (κ1) is 19.0. The van der Waals surface area contributed by atoms with E-state index in [0.717, 1.165) is 0 Å². The number of nitrogens with zero attached hydrogens (tertiary/aromatic N) is 1. The number of benzene rings is 1. The second-order valence-corrected chi connectivity index (χ2v) is 7.98. The first-order valence-electron chi connectivity index (χ1n) is 7.82. The van der Waals surface area contributed by atoms with E-state index in [0.29, 0.717) is 18.6 Å². The van der Waals surface area contributed by atoms with Gasteiger partial charge in [0.05, 0.1) is 18.1 Å². The second kappa shape index (κ2) is 7.73. The lowest BCUT2D eigenvalue weighted by molar-refractivity contribution is -0.139. The highest BCUT2D eigenvalue weighted by atomic mass is 32.2. The highest BCUT2D eigenvalue weighted by Crippen LogP contribution is 2.29. The van der Waals surface area contributed by atoms with E-state index in [-0.39, 0.29) is 35.0 Å². The number of ether oxygens (including phenoxy) is 2. The van der Waals surface area contributed by atoms with Crippen LogP contribution in [0.3, 0.4) is 0 Å². The standard InChI is InChI=1S/C16H21NO7S/c1-3-23-14-8-11(4-5-13(14)24-9-15(18)19)16(20)17(2)12-6-7-25(21,22)10-12/h4-5,8,12H,3,6-7,9-10H2,1-2H3,(H,18,19). The Morgan fingerprint density at radius 2 is 2.00 bits per heavy atom. The van der Waals surface area contributed by atoms with E-state index in [4.69, 9.17) is 14.6 Å². The van der Waals surface area contributed by atoms with E-state index in [9.17, 15) is 18.0 Å². The molecule has 0 spiro atoms. The molecule has 0 radical (unpaired) electrons. The van der Waals surface area contributed by atoms with Gasteiger partial charge in [0.2, 0.25) is 0 Å². The second-order valence-electron chi connectivity index (χ2n) is 5.75. The number of aliphatic carboxylic acids is 1. The quantitative estimate of drug-likeness (QED) is 0.755. The molecule has 0 aliphatic carbocycles. The smallest absolute Gasteiger partial charge is 0.341 e. The van der Waals surface area contributed by atoms with Crippen LogP contribution in [0.2, 0.25) is 0 Å². The van der Waals surface area contributed by atoms with Crippen LogP contribution in [-0.4, -0.2) is 68.1 Å². The molecule has 1 aromatic carbocycles. The van der Waals surface area contributed by atoms with Gasteiger partial charge in [-0.3, -0.25) is 4.79 Å². The van der Waals surface area contributed by atoms with Crippen molar-refractivity contribution in [1.82, 2.24) is 4.90 Å². The third-order valence-corrected chi connectivity index (χ3v) is 5.67. The van der Waals surface area contributed by atoms with Crippen LogP contribution in [0.1, 0.15) is 23.7 Å². The van der Waals surface area contributed by atoms with Crippen LogP contribution in [0.15, 0.2) is 18.2 Å². The van der Waals surface area contributed by atoms with E-state index in [1.165, 1.54) is 23.1 Å². The Morgan fingerprint density at radius 3 is 2.56 bits per heavy atom. The van der Waals surface area contributed by atoms with Gasteiger partial charge in [-0.15, -0.1) is 0 Å². The molecular weight excluding hydrogens is 350 g/mol. The molecule has 138 valence electrons. The Bertz CT molecular complexity index is 760. The van der Waals surface area contributed by atoms with Gasteiger partial charge in [-0.2, -0.15) is 0 Å². The minimum Gasteiger partial charge on any atom is -0.490 e. The molecule has 1 amide bonds. The summed E-state index contributed by atoms with van der Waals surface area (Å²) in [7, 11) is -1.52. The Morgan fingerprint density at radius 1 is 1.28 bits per heavy atom. The summed E-state index contributed by atoms with van der Waals surface area (Å²) in [5, 5.41) is 8.70. The average molecular weight is 371 g/mol. The molecule has 1 saturated heterocycles. The summed E-state index contributed by atoms with van der Waals surface area (Å²) >= 11 is 0. The van der Waals surface area contributed by atoms with Gasteiger partial charge in [0.15, 0.2) is 27.9 Å². The van der Waals surface area contributed by atoms with Crippen LogP contribution in [0.4, 0.5) is 0 Å². The van der Waals surface area contributed by atoms with Gasteiger partial charge in [-0.25, -0.2) is 13.2 Å². The first-order chi connectivity index (χ1) is 11.7. The molecule has 1 unspecified atom stereocenters. The Balaban J connectivity index is 2.18. The lowest BCUT2D eigenvalue weighted by Crippen LogP contribution is -2.37. The van der Waals surface area contributed by atoms with Crippen LogP contribution in [0.5, 0.6) is 11.5 Å². The number of carboxylic acid groups (broad SMARTS) is 1. The third kappa shape index (κ3) is 4.85. The zero-order valence-corrected chi connectivity index (χ0v) is 14.9. The normalized spacial score (nSPS) is 18.6. The molecule has 1 aliphatic rings. The Kier molecular flexibility index (Phi) is 5.89. The maximum Gasteiger partial charge on any atom is 0.341 e. The molecule has 0 aromatic heterocycles. The molecule has 1 aromatic rings. The highest BCUT2D eigenvalue weighted by Gasteiger charge is 2.33. The number of rotatable bonds is 7. The minimum atomic E-state index is -3.09. The first-order valence-corrected chi connectivity index (χ1v) is 9.64. The molecular formula is C16H21NO7S. The number of hydrogen-bond acceptors (Lipinski definition) is 6. The topological polar surface area (TPSA) is 110 Å². The van der Waals surface area contributed by atoms with Crippen molar-refractivity contribution < 1.29 is 32.6 Å². The van der Waals surface area contributed by atoms with Crippen LogP contribution >= 0.6 is 0 Å². The molecule has 8 nitrogen and oxygen atoms in total. The lowest BCUT2D eigenvalue weighted by atomic mass is 10.1. The summed E-state index contributed by atoms with van der Waals surface area (Å²) in [5.41, 5.74) is 0.318. The molecule has 25 heavy (non-hydrogen) atoms. The van der Waals surface area contributed by atoms with E-state index in [2.05, 4.69) is 0 Å². The molecule has 1 heterocycles. The number of carboxylic acids is 1. The van der Waals surface area contributed by atoms with Crippen molar-refractivity contribution in [1.29, 1.82) is 0 Å². The molecule has 2 rings (SSSR count). The van der Waals surface area contributed by atoms with Gasteiger partial charge in [0.1, 0.15) is 0 Å². The molecule has 0 bridgehead atoms. The third-order valence-electron chi connectivity index (χ3n) is 3.92. The number of carbonyl (C=O) groups excluding carboxylic acids is 1. The van der Waals surface area contributed by atoms with Gasteiger partial charge < -0.3 is 19.5 Å². The van der Waals surface area contributed by atoms with Crippen LogP contribution < -0.4 is 9.47 Å². The summed E-state index contributed by atoms with van der Waals surface area (Å²) in [6.07, 6.45) is 0.419. The lowest BCUT2D eigenvalue weighted by Gasteiger charge is -2.24. The van der Waals surface area contributed by atoms with Crippen molar-refractivity contribution in [3.05, 3.63) is 23.8 Å². The predicted octanol–water partition coefficient (Wildman–Crippen LogP) is 0.808. The predicted molar refractivity (Wildman–Crippen MR) is 89.9 cm³/mol.